The molecule has 0 atom stereocenters. The van der Waals surface area contributed by atoms with Gasteiger partial charge in [-0.25, -0.2) is 4.98 Å². The maximum atomic E-state index is 11.5. The first-order valence-electron chi connectivity index (χ1n) is 4.27. The van der Waals surface area contributed by atoms with E-state index in [1.54, 1.807) is 24.0 Å². The second-order valence-electron chi connectivity index (χ2n) is 3.38. The quantitative estimate of drug-likeness (QED) is 0.664. The van der Waals surface area contributed by atoms with Crippen LogP contribution >= 0.6 is 0 Å². The summed E-state index contributed by atoms with van der Waals surface area (Å²) >= 11 is 0. The van der Waals surface area contributed by atoms with Gasteiger partial charge in [-0.15, -0.1) is 0 Å². The monoisotopic (exact) mass is 181 g/mol. The average molecular weight is 181 g/mol. The third kappa shape index (κ3) is 2.66. The minimum absolute atomic E-state index is 0.0526. The van der Waals surface area contributed by atoms with Gasteiger partial charge < -0.3 is 4.90 Å². The molecule has 1 rings (SSSR count). The zero-order chi connectivity index (χ0) is 9.84. The fourth-order valence-corrected chi connectivity index (χ4v) is 1.03. The smallest absolute Gasteiger partial charge is 0.256 e. The highest BCUT2D eigenvalue weighted by atomic mass is 16.1. The summed E-state index contributed by atoms with van der Waals surface area (Å²) in [4.78, 5) is 17.5. The highest BCUT2D eigenvalue weighted by Crippen LogP contribution is 1.85. The number of rotatable bonds is 3. The van der Waals surface area contributed by atoms with Gasteiger partial charge in [0.25, 0.3) is 5.56 Å². The first-order chi connectivity index (χ1) is 6.11. The molecule has 4 nitrogen and oxygen atoms in total. The van der Waals surface area contributed by atoms with Crippen LogP contribution in [-0.2, 0) is 6.54 Å². The molecule has 72 valence electrons. The molecule has 0 radical (unpaired) electrons. The van der Waals surface area contributed by atoms with E-state index < -0.39 is 0 Å². The summed E-state index contributed by atoms with van der Waals surface area (Å²) in [7, 11) is 3.96. The number of aryl methyl sites for hydroxylation is 1. The molecule has 0 spiro atoms. The average Bonchev–Trinajstić information content (AvgIpc) is 2.07. The Morgan fingerprint density at radius 1 is 1.54 bits per heavy atom. The topological polar surface area (TPSA) is 38.1 Å². The SMILES string of the molecule is Cc1cncn(CCN(C)C)c1=O. The molecular weight excluding hydrogens is 166 g/mol. The van der Waals surface area contributed by atoms with E-state index in [0.29, 0.717) is 12.1 Å². The van der Waals surface area contributed by atoms with Gasteiger partial charge in [0, 0.05) is 24.8 Å². The minimum atomic E-state index is 0.0526. The van der Waals surface area contributed by atoms with Crippen LogP contribution in [0.3, 0.4) is 0 Å². The molecule has 1 aromatic rings. The molecule has 4 heteroatoms. The molecule has 0 aliphatic rings. The summed E-state index contributed by atoms with van der Waals surface area (Å²) in [5, 5.41) is 0. The van der Waals surface area contributed by atoms with Crippen molar-refractivity contribution in [1.82, 2.24) is 14.5 Å². The van der Waals surface area contributed by atoms with Gasteiger partial charge in [-0.2, -0.15) is 0 Å². The fraction of sp³-hybridized carbons (Fsp3) is 0.556. The van der Waals surface area contributed by atoms with Crippen LogP contribution in [0.2, 0.25) is 0 Å². The van der Waals surface area contributed by atoms with E-state index >= 15 is 0 Å². The van der Waals surface area contributed by atoms with E-state index in [4.69, 9.17) is 0 Å². The highest BCUT2D eigenvalue weighted by Gasteiger charge is 1.98. The Bertz CT molecular complexity index is 330. The molecule has 0 N–H and O–H groups in total. The molecule has 0 saturated heterocycles. The third-order valence-electron chi connectivity index (χ3n) is 1.86. The van der Waals surface area contributed by atoms with Crippen molar-refractivity contribution in [1.29, 1.82) is 0 Å². The summed E-state index contributed by atoms with van der Waals surface area (Å²) in [5.41, 5.74) is 0.748. The lowest BCUT2D eigenvalue weighted by molar-refractivity contribution is 0.379. The first kappa shape index (κ1) is 9.92. The third-order valence-corrected chi connectivity index (χ3v) is 1.86. The van der Waals surface area contributed by atoms with E-state index in [1.165, 1.54) is 0 Å². The van der Waals surface area contributed by atoms with Gasteiger partial charge in [0.15, 0.2) is 0 Å². The van der Waals surface area contributed by atoms with Crippen LogP contribution < -0.4 is 5.56 Å². The Morgan fingerprint density at radius 3 is 2.85 bits per heavy atom. The van der Waals surface area contributed by atoms with Gasteiger partial charge in [0.05, 0.1) is 6.33 Å². The van der Waals surface area contributed by atoms with Crippen LogP contribution in [-0.4, -0.2) is 35.1 Å². The van der Waals surface area contributed by atoms with E-state index in [2.05, 4.69) is 4.98 Å². The van der Waals surface area contributed by atoms with Crippen molar-refractivity contribution in [2.45, 2.75) is 13.5 Å². The maximum absolute atomic E-state index is 11.5. The Morgan fingerprint density at radius 2 is 2.23 bits per heavy atom. The zero-order valence-corrected chi connectivity index (χ0v) is 8.32. The molecule has 0 unspecified atom stereocenters. The van der Waals surface area contributed by atoms with Crippen molar-refractivity contribution in [2.24, 2.45) is 0 Å². The lowest BCUT2D eigenvalue weighted by Crippen LogP contribution is -2.27. The largest absolute Gasteiger partial charge is 0.308 e. The van der Waals surface area contributed by atoms with E-state index in [-0.39, 0.29) is 5.56 Å². The summed E-state index contributed by atoms with van der Waals surface area (Å²) < 4.78 is 1.63. The normalized spacial score (nSPS) is 10.8. The van der Waals surface area contributed by atoms with Crippen molar-refractivity contribution >= 4 is 0 Å². The second-order valence-corrected chi connectivity index (χ2v) is 3.38. The van der Waals surface area contributed by atoms with Crippen molar-refractivity contribution < 1.29 is 0 Å². The molecule has 0 aliphatic heterocycles. The van der Waals surface area contributed by atoms with Gasteiger partial charge in [-0.05, 0) is 21.0 Å². The van der Waals surface area contributed by atoms with E-state index in [1.807, 2.05) is 19.0 Å². The number of hydrogen-bond donors (Lipinski definition) is 0. The predicted molar refractivity (Wildman–Crippen MR) is 51.8 cm³/mol. The number of aromatic nitrogens is 2. The number of nitrogens with zero attached hydrogens (tertiary/aromatic N) is 3. The molecule has 0 saturated carbocycles. The van der Waals surface area contributed by atoms with Crippen LogP contribution in [0, 0.1) is 6.92 Å². The molecule has 13 heavy (non-hydrogen) atoms. The molecule has 0 fully saturated rings. The van der Waals surface area contributed by atoms with Crippen molar-refractivity contribution in [2.75, 3.05) is 20.6 Å². The number of likely N-dealkylation sites (N-methyl/N-ethyl adjacent to an activating group) is 1. The second kappa shape index (κ2) is 4.18. The van der Waals surface area contributed by atoms with Crippen LogP contribution in [0.25, 0.3) is 0 Å². The minimum Gasteiger partial charge on any atom is -0.308 e. The number of hydrogen-bond acceptors (Lipinski definition) is 3. The lowest BCUT2D eigenvalue weighted by Gasteiger charge is -2.10. The van der Waals surface area contributed by atoms with Crippen molar-refractivity contribution in [3.63, 3.8) is 0 Å². The Labute approximate surface area is 77.8 Å². The molecule has 0 amide bonds. The van der Waals surface area contributed by atoms with Gasteiger partial charge in [-0.3, -0.25) is 9.36 Å². The highest BCUT2D eigenvalue weighted by molar-refractivity contribution is 5.00. The van der Waals surface area contributed by atoms with E-state index in [0.717, 1.165) is 6.54 Å². The lowest BCUT2D eigenvalue weighted by atomic mass is 10.4. The van der Waals surface area contributed by atoms with Crippen molar-refractivity contribution in [3.05, 3.63) is 28.4 Å². The molecule has 1 heterocycles. The van der Waals surface area contributed by atoms with Crippen LogP contribution in [0.4, 0.5) is 0 Å². The Kier molecular flexibility index (Phi) is 3.19. The van der Waals surface area contributed by atoms with Gasteiger partial charge in [0.1, 0.15) is 0 Å². The molecular formula is C9H15N3O. The van der Waals surface area contributed by atoms with Crippen molar-refractivity contribution in [3.8, 4) is 0 Å². The van der Waals surface area contributed by atoms with Gasteiger partial charge >= 0.3 is 0 Å². The predicted octanol–water partition coefficient (Wildman–Crippen LogP) is 0.113. The molecule has 0 aliphatic carbocycles. The van der Waals surface area contributed by atoms with E-state index in [9.17, 15) is 4.79 Å². The fourth-order valence-electron chi connectivity index (χ4n) is 1.03. The summed E-state index contributed by atoms with van der Waals surface area (Å²) in [6.45, 7) is 3.33. The Balaban J connectivity index is 2.78. The summed E-state index contributed by atoms with van der Waals surface area (Å²) in [5.74, 6) is 0. The Hall–Kier alpha value is -1.16. The van der Waals surface area contributed by atoms with Gasteiger partial charge in [-0.1, -0.05) is 0 Å². The molecule has 0 aromatic carbocycles. The first-order valence-corrected chi connectivity index (χ1v) is 4.27. The van der Waals surface area contributed by atoms with Gasteiger partial charge in [0.2, 0.25) is 0 Å². The molecule has 1 aromatic heterocycles. The summed E-state index contributed by atoms with van der Waals surface area (Å²) in [6.07, 6.45) is 3.17. The maximum Gasteiger partial charge on any atom is 0.256 e. The molecule has 0 bridgehead atoms. The summed E-state index contributed by atoms with van der Waals surface area (Å²) in [6, 6.07) is 0. The van der Waals surface area contributed by atoms with Crippen LogP contribution in [0.5, 0.6) is 0 Å². The standard InChI is InChI=1S/C9H15N3O/c1-8-6-10-7-12(9(8)13)5-4-11(2)3/h6-7H,4-5H2,1-3H3. The van der Waals surface area contributed by atoms with Crippen LogP contribution in [0.1, 0.15) is 5.56 Å². The van der Waals surface area contributed by atoms with Crippen LogP contribution in [0.15, 0.2) is 17.3 Å². The zero-order valence-electron chi connectivity index (χ0n) is 8.32.